The molecule has 7 heteroatoms. The van der Waals surface area contributed by atoms with Crippen molar-refractivity contribution in [1.29, 1.82) is 0 Å². The van der Waals surface area contributed by atoms with Crippen LogP contribution in [0, 0.1) is 0 Å². The molecule has 8 bridgehead atoms. The summed E-state index contributed by atoms with van der Waals surface area (Å²) in [6.07, 6.45) is 8.19. The van der Waals surface area contributed by atoms with Gasteiger partial charge in [0.2, 0.25) is 0 Å². The first kappa shape index (κ1) is 32.5. The van der Waals surface area contributed by atoms with E-state index in [1.165, 1.54) is 0 Å². The predicted octanol–water partition coefficient (Wildman–Crippen LogP) is 12.0. The normalized spacial score (nSPS) is 12.2. The highest BCUT2D eigenvalue weighted by molar-refractivity contribution is 6.05. The standard InChI is InChI=1S/C50H33N7/c1-5-14-31(15-6-1)44-36-23-24-37(52-36)45(32-16-7-2-8-17-32)39-27-28-41(54-39)47(34-20-11-4-12-21-34)48-35(49-56-42-22-13-29-51-50(42)57-49)30-43(55-48)46(33-18-9-3-10-19-33)40-26-25-38(44)53-40/h1-30,53-54H,(H,51,56,57). The van der Waals surface area contributed by atoms with E-state index in [0.29, 0.717) is 11.5 Å². The summed E-state index contributed by atoms with van der Waals surface area (Å²) in [5.74, 6) is 0.694. The van der Waals surface area contributed by atoms with Crippen molar-refractivity contribution < 1.29 is 0 Å². The van der Waals surface area contributed by atoms with Crippen LogP contribution >= 0.6 is 0 Å². The van der Waals surface area contributed by atoms with E-state index >= 15 is 0 Å². The van der Waals surface area contributed by atoms with Crippen LogP contribution in [0.2, 0.25) is 0 Å². The maximum Gasteiger partial charge on any atom is 0.178 e. The largest absolute Gasteiger partial charge is 0.354 e. The second-order valence-corrected chi connectivity index (χ2v) is 14.1. The Hall–Kier alpha value is -7.90. The second-order valence-electron chi connectivity index (χ2n) is 14.1. The SMILES string of the molecule is C1=Cc2nc1c(-c1ccccc1)c1ccc([nH]1)c(-c1ccccc1)c1nc(c(-c3ccccc3)c3ccc([nH]3)c2-c2ccccc2)C(c2nc3ncccc3[nH]2)=C1. The molecule has 0 atom stereocenters. The van der Waals surface area contributed by atoms with Gasteiger partial charge in [-0.2, -0.15) is 0 Å². The Morgan fingerprint density at radius 1 is 0.351 bits per heavy atom. The first-order chi connectivity index (χ1) is 28.2. The number of nitrogens with one attached hydrogen (secondary N) is 3. The third-order valence-electron chi connectivity index (χ3n) is 10.6. The van der Waals surface area contributed by atoms with Crippen molar-refractivity contribution in [3.8, 4) is 44.5 Å². The molecule has 0 saturated carbocycles. The zero-order valence-electron chi connectivity index (χ0n) is 30.6. The number of pyridine rings is 1. The highest BCUT2D eigenvalue weighted by Gasteiger charge is 2.25. The van der Waals surface area contributed by atoms with E-state index in [1.807, 2.05) is 36.4 Å². The molecule has 3 N–H and O–H groups in total. The number of H-pyrrole nitrogens is 3. The van der Waals surface area contributed by atoms with Gasteiger partial charge in [0.05, 0.1) is 28.3 Å². The lowest BCUT2D eigenvalue weighted by Gasteiger charge is -2.08. The number of benzene rings is 4. The monoisotopic (exact) mass is 731 g/mol. The number of aromatic nitrogens is 7. The van der Waals surface area contributed by atoms with E-state index < -0.39 is 0 Å². The topological polar surface area (TPSA) is 98.9 Å². The van der Waals surface area contributed by atoms with Gasteiger partial charge in [-0.3, -0.25) is 0 Å². The quantitative estimate of drug-likeness (QED) is 0.164. The van der Waals surface area contributed by atoms with Crippen LogP contribution in [-0.2, 0) is 0 Å². The molecule has 9 aromatic rings. The van der Waals surface area contributed by atoms with Gasteiger partial charge in [-0.1, -0.05) is 121 Å². The van der Waals surface area contributed by atoms with Crippen LogP contribution in [-0.4, -0.2) is 34.9 Å². The predicted molar refractivity (Wildman–Crippen MR) is 233 cm³/mol. The fourth-order valence-electron chi connectivity index (χ4n) is 8.07. The molecule has 7 heterocycles. The molecule has 0 amide bonds. The summed E-state index contributed by atoms with van der Waals surface area (Å²) >= 11 is 0. The molecule has 11 rings (SSSR count). The summed E-state index contributed by atoms with van der Waals surface area (Å²) in [6.45, 7) is 0. The van der Waals surface area contributed by atoms with Crippen molar-refractivity contribution in [3.05, 3.63) is 193 Å². The lowest BCUT2D eigenvalue weighted by molar-refractivity contribution is 1.23. The van der Waals surface area contributed by atoms with Gasteiger partial charge in [0, 0.05) is 56.1 Å². The fourth-order valence-corrected chi connectivity index (χ4v) is 8.07. The molecule has 0 fully saturated rings. The maximum absolute atomic E-state index is 5.61. The average molecular weight is 732 g/mol. The van der Waals surface area contributed by atoms with E-state index in [4.69, 9.17) is 15.0 Å². The Kier molecular flexibility index (Phi) is 7.67. The van der Waals surface area contributed by atoms with Gasteiger partial charge in [-0.25, -0.2) is 19.9 Å². The molecule has 0 radical (unpaired) electrons. The second kappa shape index (κ2) is 13.4. The Morgan fingerprint density at radius 2 is 0.807 bits per heavy atom. The molecule has 0 aliphatic carbocycles. The first-order valence-corrected chi connectivity index (χ1v) is 19.0. The summed E-state index contributed by atoms with van der Waals surface area (Å²) in [6, 6.07) is 54.4. The van der Waals surface area contributed by atoms with Crippen LogP contribution in [0.5, 0.6) is 0 Å². The third kappa shape index (κ3) is 5.68. The molecule has 268 valence electrons. The van der Waals surface area contributed by atoms with Gasteiger partial charge in [-0.05, 0) is 76.9 Å². The van der Waals surface area contributed by atoms with Crippen molar-refractivity contribution in [2.75, 3.05) is 0 Å². The number of aromatic amines is 3. The summed E-state index contributed by atoms with van der Waals surface area (Å²) in [5, 5.41) is 0. The van der Waals surface area contributed by atoms with Crippen molar-refractivity contribution in [2.45, 2.75) is 0 Å². The third-order valence-corrected chi connectivity index (χ3v) is 10.6. The molecule has 7 nitrogen and oxygen atoms in total. The number of rotatable bonds is 5. The van der Waals surface area contributed by atoms with E-state index in [1.54, 1.807) is 6.20 Å². The molecule has 2 aliphatic rings. The van der Waals surface area contributed by atoms with Crippen molar-refractivity contribution in [3.63, 3.8) is 0 Å². The lowest BCUT2D eigenvalue weighted by atomic mass is 9.99. The summed E-state index contributed by atoms with van der Waals surface area (Å²) in [7, 11) is 0. The van der Waals surface area contributed by atoms with Gasteiger partial charge in [0.25, 0.3) is 0 Å². The summed E-state index contributed by atoms with van der Waals surface area (Å²) < 4.78 is 0. The molecule has 2 aliphatic heterocycles. The summed E-state index contributed by atoms with van der Waals surface area (Å²) in [5.41, 5.74) is 17.6. The van der Waals surface area contributed by atoms with Crippen molar-refractivity contribution in [2.24, 2.45) is 0 Å². The molecule has 0 unspecified atom stereocenters. The van der Waals surface area contributed by atoms with Crippen LogP contribution in [0.1, 0.15) is 28.6 Å². The van der Waals surface area contributed by atoms with Crippen LogP contribution in [0.15, 0.2) is 164 Å². The number of fused-ring (bicyclic) bond motifs is 9. The van der Waals surface area contributed by atoms with E-state index in [9.17, 15) is 0 Å². The van der Waals surface area contributed by atoms with Gasteiger partial charge < -0.3 is 15.0 Å². The molecule has 5 aromatic heterocycles. The maximum atomic E-state index is 5.61. The van der Waals surface area contributed by atoms with Crippen molar-refractivity contribution in [1.82, 2.24) is 34.9 Å². The van der Waals surface area contributed by atoms with Gasteiger partial charge in [0.15, 0.2) is 5.65 Å². The molecule has 0 saturated heterocycles. The van der Waals surface area contributed by atoms with Gasteiger partial charge in [0.1, 0.15) is 5.82 Å². The smallest absolute Gasteiger partial charge is 0.178 e. The molecule has 0 spiro atoms. The Balaban J connectivity index is 1.35. The van der Waals surface area contributed by atoms with Crippen LogP contribution in [0.3, 0.4) is 0 Å². The Bertz CT molecular complexity index is 3180. The minimum atomic E-state index is 0.650. The van der Waals surface area contributed by atoms with Crippen LogP contribution < -0.4 is 0 Å². The van der Waals surface area contributed by atoms with Crippen LogP contribution in [0.25, 0.3) is 102 Å². The minimum absolute atomic E-state index is 0.650. The fraction of sp³-hybridized carbons (Fsp3) is 0. The first-order valence-electron chi connectivity index (χ1n) is 19.0. The van der Waals surface area contributed by atoms with E-state index in [0.717, 1.165) is 100 Å². The minimum Gasteiger partial charge on any atom is -0.354 e. The number of imidazole rings is 1. The lowest BCUT2D eigenvalue weighted by Crippen LogP contribution is -1.93. The number of nitrogens with zero attached hydrogens (tertiary/aromatic N) is 4. The van der Waals surface area contributed by atoms with Crippen molar-refractivity contribution >= 4 is 57.0 Å². The van der Waals surface area contributed by atoms with E-state index in [2.05, 4.69) is 159 Å². The van der Waals surface area contributed by atoms with E-state index in [-0.39, 0.29) is 0 Å². The molecular weight excluding hydrogens is 699 g/mol. The van der Waals surface area contributed by atoms with Gasteiger partial charge >= 0.3 is 0 Å². The van der Waals surface area contributed by atoms with Crippen LogP contribution in [0.4, 0.5) is 0 Å². The highest BCUT2D eigenvalue weighted by atomic mass is 15.0. The molecule has 4 aromatic carbocycles. The highest BCUT2D eigenvalue weighted by Crippen LogP contribution is 2.41. The Morgan fingerprint density at radius 3 is 1.30 bits per heavy atom. The Labute approximate surface area is 327 Å². The number of hydrogen-bond acceptors (Lipinski definition) is 4. The zero-order valence-corrected chi connectivity index (χ0v) is 30.6. The van der Waals surface area contributed by atoms with Gasteiger partial charge in [-0.15, -0.1) is 0 Å². The number of hydrogen-bond donors (Lipinski definition) is 3. The molecular formula is C50H33N7. The summed E-state index contributed by atoms with van der Waals surface area (Å²) in [4.78, 5) is 31.9. The zero-order chi connectivity index (χ0) is 37.7. The molecule has 57 heavy (non-hydrogen) atoms. The average Bonchev–Trinajstić information content (AvgIpc) is 4.12.